The van der Waals surface area contributed by atoms with E-state index in [2.05, 4.69) is 21.2 Å². The van der Waals surface area contributed by atoms with Crippen LogP contribution in [0.1, 0.15) is 25.8 Å². The molecule has 0 radical (unpaired) electrons. The monoisotopic (exact) mass is 305 g/mol. The summed E-state index contributed by atoms with van der Waals surface area (Å²) in [5.74, 6) is 0. The molecule has 0 aliphatic heterocycles. The highest BCUT2D eigenvalue weighted by molar-refractivity contribution is 9.10. The molecule has 0 spiro atoms. The van der Waals surface area contributed by atoms with Gasteiger partial charge in [-0.1, -0.05) is 24.6 Å². The first-order valence-electron chi connectivity index (χ1n) is 5.31. The first-order chi connectivity index (χ1) is 7.44. The van der Waals surface area contributed by atoms with Gasteiger partial charge in [-0.25, -0.2) is 0 Å². The Balaban J connectivity index is 2.46. The van der Waals surface area contributed by atoms with Crippen LogP contribution in [-0.4, -0.2) is 17.3 Å². The minimum absolute atomic E-state index is 0.581. The summed E-state index contributed by atoms with van der Waals surface area (Å²) in [7, 11) is 0. The minimum atomic E-state index is -0.640. The van der Waals surface area contributed by atoms with Crippen molar-refractivity contribution in [2.24, 2.45) is 0 Å². The van der Waals surface area contributed by atoms with E-state index in [1.54, 1.807) is 0 Å². The van der Waals surface area contributed by atoms with E-state index in [0.717, 1.165) is 16.5 Å². The molecule has 16 heavy (non-hydrogen) atoms. The maximum atomic E-state index is 9.80. The van der Waals surface area contributed by atoms with Crippen molar-refractivity contribution in [2.75, 3.05) is 6.54 Å². The normalized spacial score (nSPS) is 14.8. The molecule has 0 bridgehead atoms. The molecule has 1 rings (SSSR count). The van der Waals surface area contributed by atoms with Gasteiger partial charge in [0.05, 0.1) is 10.6 Å². The predicted molar refractivity (Wildman–Crippen MR) is 71.8 cm³/mol. The molecule has 1 aromatic carbocycles. The number of halogens is 2. The van der Waals surface area contributed by atoms with Gasteiger partial charge in [0.15, 0.2) is 0 Å². The summed E-state index contributed by atoms with van der Waals surface area (Å²) in [4.78, 5) is 0. The highest BCUT2D eigenvalue weighted by atomic mass is 79.9. The highest BCUT2D eigenvalue weighted by Crippen LogP contribution is 2.23. The van der Waals surface area contributed by atoms with Gasteiger partial charge in [-0.2, -0.15) is 0 Å². The number of hydrogen-bond donors (Lipinski definition) is 2. The number of hydrogen-bond acceptors (Lipinski definition) is 2. The molecule has 4 heteroatoms. The third kappa shape index (κ3) is 4.42. The van der Waals surface area contributed by atoms with Gasteiger partial charge < -0.3 is 10.4 Å². The molecule has 1 atom stereocenters. The molecular formula is C12H17BrClNO. The Morgan fingerprint density at radius 3 is 2.75 bits per heavy atom. The Labute approximate surface area is 110 Å². The van der Waals surface area contributed by atoms with Gasteiger partial charge in [-0.05, 0) is 47.0 Å². The fourth-order valence-corrected chi connectivity index (χ4v) is 1.70. The van der Waals surface area contributed by atoms with E-state index < -0.39 is 5.60 Å². The van der Waals surface area contributed by atoms with Gasteiger partial charge in [0, 0.05) is 17.6 Å². The molecule has 2 N–H and O–H groups in total. The first kappa shape index (κ1) is 14.0. The van der Waals surface area contributed by atoms with Crippen LogP contribution in [0.2, 0.25) is 5.02 Å². The van der Waals surface area contributed by atoms with Crippen LogP contribution >= 0.6 is 27.5 Å². The second kappa shape index (κ2) is 6.01. The number of rotatable bonds is 5. The van der Waals surface area contributed by atoms with Crippen molar-refractivity contribution < 1.29 is 5.11 Å². The van der Waals surface area contributed by atoms with Gasteiger partial charge >= 0.3 is 0 Å². The van der Waals surface area contributed by atoms with E-state index in [1.807, 2.05) is 32.0 Å². The van der Waals surface area contributed by atoms with E-state index in [-0.39, 0.29) is 0 Å². The molecule has 1 aromatic rings. The second-order valence-electron chi connectivity index (χ2n) is 4.20. The standard InChI is InChI=1S/C12H17BrClNO/c1-3-12(2,16)8-15-7-9-4-5-10(13)11(14)6-9/h4-6,15-16H,3,7-8H2,1-2H3. The van der Waals surface area contributed by atoms with Crippen LogP contribution in [0.25, 0.3) is 0 Å². The third-order valence-corrected chi connectivity index (χ3v) is 3.81. The Hall–Kier alpha value is -0.0900. The zero-order valence-corrected chi connectivity index (χ0v) is 11.9. The lowest BCUT2D eigenvalue weighted by Crippen LogP contribution is -2.36. The van der Waals surface area contributed by atoms with Crippen LogP contribution in [-0.2, 0) is 6.54 Å². The summed E-state index contributed by atoms with van der Waals surface area (Å²) < 4.78 is 0.901. The number of benzene rings is 1. The molecule has 0 saturated carbocycles. The smallest absolute Gasteiger partial charge is 0.0741 e. The van der Waals surface area contributed by atoms with E-state index >= 15 is 0 Å². The van der Waals surface area contributed by atoms with Crippen molar-refractivity contribution in [1.82, 2.24) is 5.32 Å². The van der Waals surface area contributed by atoms with Crippen LogP contribution < -0.4 is 5.32 Å². The summed E-state index contributed by atoms with van der Waals surface area (Å²) >= 11 is 9.33. The van der Waals surface area contributed by atoms with E-state index in [4.69, 9.17) is 11.6 Å². The van der Waals surface area contributed by atoms with Crippen LogP contribution in [0.4, 0.5) is 0 Å². The lowest BCUT2D eigenvalue weighted by atomic mass is 10.0. The lowest BCUT2D eigenvalue weighted by Gasteiger charge is -2.21. The zero-order valence-electron chi connectivity index (χ0n) is 9.56. The van der Waals surface area contributed by atoms with Gasteiger partial charge in [-0.3, -0.25) is 0 Å². The summed E-state index contributed by atoms with van der Waals surface area (Å²) in [6.45, 7) is 5.09. The van der Waals surface area contributed by atoms with Crippen LogP contribution in [0.3, 0.4) is 0 Å². The Bertz CT molecular complexity index is 355. The minimum Gasteiger partial charge on any atom is -0.389 e. The Morgan fingerprint density at radius 1 is 1.50 bits per heavy atom. The maximum absolute atomic E-state index is 9.80. The van der Waals surface area contributed by atoms with E-state index in [9.17, 15) is 5.11 Å². The van der Waals surface area contributed by atoms with Crippen LogP contribution in [0, 0.1) is 0 Å². The quantitative estimate of drug-likeness (QED) is 0.874. The van der Waals surface area contributed by atoms with Crippen LogP contribution in [0.15, 0.2) is 22.7 Å². The first-order valence-corrected chi connectivity index (χ1v) is 6.49. The summed E-state index contributed by atoms with van der Waals surface area (Å²) in [6.07, 6.45) is 0.737. The third-order valence-electron chi connectivity index (χ3n) is 2.58. The molecule has 0 aliphatic carbocycles. The van der Waals surface area contributed by atoms with E-state index in [0.29, 0.717) is 18.1 Å². The summed E-state index contributed by atoms with van der Waals surface area (Å²) in [5.41, 5.74) is 0.471. The molecule has 0 amide bonds. The average molecular weight is 307 g/mol. The van der Waals surface area contributed by atoms with Crippen molar-refractivity contribution in [2.45, 2.75) is 32.4 Å². The van der Waals surface area contributed by atoms with Gasteiger partial charge in [-0.15, -0.1) is 0 Å². The van der Waals surface area contributed by atoms with Crippen molar-refractivity contribution in [3.63, 3.8) is 0 Å². The molecule has 90 valence electrons. The predicted octanol–water partition coefficient (Wildman–Crippen LogP) is 3.35. The van der Waals surface area contributed by atoms with Gasteiger partial charge in [0.25, 0.3) is 0 Å². The van der Waals surface area contributed by atoms with Crippen LogP contribution in [0.5, 0.6) is 0 Å². The van der Waals surface area contributed by atoms with E-state index in [1.165, 1.54) is 0 Å². The Morgan fingerprint density at radius 2 is 2.19 bits per heavy atom. The molecule has 0 aromatic heterocycles. The molecule has 0 saturated heterocycles. The molecule has 2 nitrogen and oxygen atoms in total. The fourth-order valence-electron chi connectivity index (χ4n) is 1.25. The topological polar surface area (TPSA) is 32.3 Å². The zero-order chi connectivity index (χ0) is 12.2. The SMILES string of the molecule is CCC(C)(O)CNCc1ccc(Br)c(Cl)c1. The largest absolute Gasteiger partial charge is 0.389 e. The molecular weight excluding hydrogens is 289 g/mol. The molecule has 1 unspecified atom stereocenters. The number of nitrogens with one attached hydrogen (secondary N) is 1. The second-order valence-corrected chi connectivity index (χ2v) is 5.46. The number of aliphatic hydroxyl groups is 1. The molecule has 0 fully saturated rings. The van der Waals surface area contributed by atoms with Crippen molar-refractivity contribution in [1.29, 1.82) is 0 Å². The molecule has 0 heterocycles. The van der Waals surface area contributed by atoms with Crippen molar-refractivity contribution >= 4 is 27.5 Å². The summed E-state index contributed by atoms with van der Waals surface area (Å²) in [5, 5.41) is 13.7. The van der Waals surface area contributed by atoms with Crippen molar-refractivity contribution in [3.05, 3.63) is 33.3 Å². The van der Waals surface area contributed by atoms with Crippen molar-refractivity contribution in [3.8, 4) is 0 Å². The van der Waals surface area contributed by atoms with Gasteiger partial charge in [0.1, 0.15) is 0 Å². The lowest BCUT2D eigenvalue weighted by molar-refractivity contribution is 0.0555. The Kier molecular flexibility index (Phi) is 5.25. The molecule has 0 aliphatic rings. The summed E-state index contributed by atoms with van der Waals surface area (Å²) in [6, 6.07) is 5.85. The van der Waals surface area contributed by atoms with Gasteiger partial charge in [0.2, 0.25) is 0 Å². The highest BCUT2D eigenvalue weighted by Gasteiger charge is 2.16. The fraction of sp³-hybridized carbons (Fsp3) is 0.500. The average Bonchev–Trinajstić information content (AvgIpc) is 2.23. The maximum Gasteiger partial charge on any atom is 0.0741 e.